The number of alkyl halides is 4. The molecule has 178 valence electrons. The predicted molar refractivity (Wildman–Crippen MR) is 127 cm³/mol. The molecule has 0 radical (unpaired) electrons. The van der Waals surface area contributed by atoms with Gasteiger partial charge in [-0.1, -0.05) is 48.5 Å². The highest BCUT2D eigenvalue weighted by molar-refractivity contribution is 7.18. The summed E-state index contributed by atoms with van der Waals surface area (Å²) in [5, 5.41) is 9.65. The number of ketones is 1. The van der Waals surface area contributed by atoms with E-state index in [1.54, 1.807) is 30.3 Å². The molecule has 8 heteroatoms. The van der Waals surface area contributed by atoms with E-state index in [1.807, 2.05) is 24.3 Å². The Balaban J connectivity index is 1.61. The lowest BCUT2D eigenvalue weighted by Crippen LogP contribution is -2.11. The van der Waals surface area contributed by atoms with Gasteiger partial charge in [-0.2, -0.15) is 18.4 Å². The van der Waals surface area contributed by atoms with Gasteiger partial charge in [0.25, 0.3) is 0 Å². The molecule has 0 saturated heterocycles. The zero-order valence-electron chi connectivity index (χ0n) is 18.4. The third-order valence-corrected chi connectivity index (χ3v) is 7.00. The third kappa shape index (κ3) is 5.75. The van der Waals surface area contributed by atoms with Crippen LogP contribution in [0.25, 0.3) is 10.2 Å². The number of hydrogen-bond acceptors (Lipinski definition) is 4. The van der Waals surface area contributed by atoms with Crippen LogP contribution in [0.5, 0.6) is 0 Å². The normalized spacial score (nSPS) is 13.3. The Bertz CT molecular complexity index is 1340. The van der Waals surface area contributed by atoms with E-state index >= 15 is 4.39 Å². The summed E-state index contributed by atoms with van der Waals surface area (Å²) in [7, 11) is 0. The molecule has 2 unspecified atom stereocenters. The van der Waals surface area contributed by atoms with Crippen molar-refractivity contribution in [3.05, 3.63) is 100 Å². The predicted octanol–water partition coefficient (Wildman–Crippen LogP) is 8.03. The summed E-state index contributed by atoms with van der Waals surface area (Å²) in [5.74, 6) is -0.565. The maximum atomic E-state index is 15.4. The Kier molecular flexibility index (Phi) is 7.27. The number of fused-ring (bicyclic) bond motifs is 1. The van der Waals surface area contributed by atoms with Gasteiger partial charge in [0.15, 0.2) is 5.78 Å². The van der Waals surface area contributed by atoms with Crippen molar-refractivity contribution in [1.29, 1.82) is 5.26 Å². The van der Waals surface area contributed by atoms with Gasteiger partial charge in [0.05, 0.1) is 32.4 Å². The van der Waals surface area contributed by atoms with Gasteiger partial charge in [-0.3, -0.25) is 4.79 Å². The number of carbonyl (C=O) groups is 1. The molecule has 3 aromatic carbocycles. The van der Waals surface area contributed by atoms with Crippen LogP contribution in [0.15, 0.2) is 72.8 Å². The van der Waals surface area contributed by atoms with Crippen LogP contribution in [0.1, 0.15) is 63.4 Å². The minimum atomic E-state index is -4.77. The Hall–Kier alpha value is -3.57. The maximum Gasteiger partial charge on any atom is 0.417 e. The summed E-state index contributed by atoms with van der Waals surface area (Å²) in [4.78, 5) is 17.3. The van der Waals surface area contributed by atoms with Gasteiger partial charge in [-0.15, -0.1) is 11.3 Å². The zero-order valence-corrected chi connectivity index (χ0v) is 19.2. The third-order valence-electron chi connectivity index (χ3n) is 5.80. The first-order valence-electron chi connectivity index (χ1n) is 11.0. The van der Waals surface area contributed by atoms with E-state index in [0.717, 1.165) is 16.3 Å². The standard InChI is InChI=1S/C27H20F4N2OS/c28-22(18-10-11-20(16-32)21(14-18)27(29,30)31)15-19(12-13-24(34)17-6-2-1-3-7-17)26-33-23-8-4-5-9-25(23)35-26/h1-11,14,19,22H,12-13,15H2. The Labute approximate surface area is 203 Å². The van der Waals surface area contributed by atoms with Gasteiger partial charge >= 0.3 is 6.18 Å². The molecule has 4 rings (SSSR count). The number of benzene rings is 3. The van der Waals surface area contributed by atoms with Gasteiger partial charge < -0.3 is 0 Å². The van der Waals surface area contributed by atoms with Crippen LogP contribution in [0, 0.1) is 11.3 Å². The molecule has 0 aliphatic rings. The summed E-state index contributed by atoms with van der Waals surface area (Å²) in [6.45, 7) is 0. The minimum absolute atomic E-state index is 0.0927. The number of Topliss-reactive ketones (excluding diaryl/α,β-unsaturated/α-hetero) is 1. The quantitative estimate of drug-likeness (QED) is 0.183. The molecule has 0 saturated carbocycles. The highest BCUT2D eigenvalue weighted by Gasteiger charge is 2.35. The molecule has 0 aliphatic heterocycles. The molecular weight excluding hydrogens is 476 g/mol. The lowest BCUT2D eigenvalue weighted by molar-refractivity contribution is -0.137. The van der Waals surface area contributed by atoms with Crippen molar-refractivity contribution < 1.29 is 22.4 Å². The van der Waals surface area contributed by atoms with E-state index in [2.05, 4.69) is 4.98 Å². The van der Waals surface area contributed by atoms with E-state index in [0.29, 0.717) is 23.1 Å². The smallest absolute Gasteiger partial charge is 0.294 e. The molecule has 0 N–H and O–H groups in total. The van der Waals surface area contributed by atoms with E-state index in [9.17, 15) is 18.0 Å². The van der Waals surface area contributed by atoms with E-state index in [4.69, 9.17) is 5.26 Å². The maximum absolute atomic E-state index is 15.4. The molecule has 0 spiro atoms. The van der Waals surface area contributed by atoms with E-state index in [-0.39, 0.29) is 24.2 Å². The number of nitrogens with zero attached hydrogens (tertiary/aromatic N) is 2. The number of rotatable bonds is 8. The molecule has 0 amide bonds. The number of aromatic nitrogens is 1. The average Bonchev–Trinajstić information content (AvgIpc) is 3.30. The number of carbonyl (C=O) groups excluding carboxylic acids is 1. The topological polar surface area (TPSA) is 53.8 Å². The number of halogens is 4. The second-order valence-electron chi connectivity index (χ2n) is 8.16. The molecular formula is C27H20F4N2OS. The number of thiazole rings is 1. The fraction of sp³-hybridized carbons (Fsp3) is 0.222. The molecule has 0 bridgehead atoms. The molecule has 0 aliphatic carbocycles. The van der Waals surface area contributed by atoms with Crippen molar-refractivity contribution >= 4 is 27.3 Å². The van der Waals surface area contributed by atoms with Crippen LogP contribution in [0.3, 0.4) is 0 Å². The van der Waals surface area contributed by atoms with Crippen molar-refractivity contribution in [2.24, 2.45) is 0 Å². The zero-order chi connectivity index (χ0) is 25.0. The molecule has 1 heterocycles. The summed E-state index contributed by atoms with van der Waals surface area (Å²) in [5.41, 5.74) is -0.563. The van der Waals surface area contributed by atoms with Crippen molar-refractivity contribution in [2.45, 2.75) is 37.5 Å². The SMILES string of the molecule is N#Cc1ccc(C(F)CC(CCC(=O)c2ccccc2)c2nc3ccccc3s2)cc1C(F)(F)F. The molecule has 3 nitrogen and oxygen atoms in total. The first-order valence-corrected chi connectivity index (χ1v) is 11.8. The molecule has 4 aromatic rings. The average molecular weight is 497 g/mol. The summed E-state index contributed by atoms with van der Waals surface area (Å²) in [6, 6.07) is 20.6. The highest BCUT2D eigenvalue weighted by atomic mass is 32.1. The lowest BCUT2D eigenvalue weighted by atomic mass is 9.91. The Morgan fingerprint density at radius 3 is 2.43 bits per heavy atom. The molecule has 1 aromatic heterocycles. The fourth-order valence-corrected chi connectivity index (χ4v) is 5.07. The Morgan fingerprint density at radius 1 is 1.03 bits per heavy atom. The van der Waals surface area contributed by atoms with Gasteiger partial charge in [0.1, 0.15) is 6.17 Å². The summed E-state index contributed by atoms with van der Waals surface area (Å²) < 4.78 is 56.5. The van der Waals surface area contributed by atoms with Crippen LogP contribution in [0.2, 0.25) is 0 Å². The fourth-order valence-electron chi connectivity index (χ4n) is 3.96. The lowest BCUT2D eigenvalue weighted by Gasteiger charge is -2.19. The second kappa shape index (κ2) is 10.4. The number of nitriles is 1. The van der Waals surface area contributed by atoms with Crippen molar-refractivity contribution in [1.82, 2.24) is 4.98 Å². The molecule has 35 heavy (non-hydrogen) atoms. The van der Waals surface area contributed by atoms with Crippen molar-refractivity contribution in [3.63, 3.8) is 0 Å². The summed E-state index contributed by atoms with van der Waals surface area (Å²) >= 11 is 1.39. The first kappa shape index (κ1) is 24.6. The number of hydrogen-bond donors (Lipinski definition) is 0. The Morgan fingerprint density at radius 2 is 1.74 bits per heavy atom. The monoisotopic (exact) mass is 496 g/mol. The molecule has 0 fully saturated rings. The van der Waals surface area contributed by atoms with Crippen molar-refractivity contribution in [3.8, 4) is 6.07 Å². The highest BCUT2D eigenvalue weighted by Crippen LogP contribution is 2.40. The van der Waals surface area contributed by atoms with Crippen LogP contribution < -0.4 is 0 Å². The first-order chi connectivity index (χ1) is 16.8. The van der Waals surface area contributed by atoms with Crippen LogP contribution >= 0.6 is 11.3 Å². The van der Waals surface area contributed by atoms with Crippen LogP contribution in [-0.2, 0) is 6.18 Å². The van der Waals surface area contributed by atoms with Crippen molar-refractivity contribution in [2.75, 3.05) is 0 Å². The largest absolute Gasteiger partial charge is 0.417 e. The summed E-state index contributed by atoms with van der Waals surface area (Å²) in [6.07, 6.45) is -6.18. The van der Waals surface area contributed by atoms with Gasteiger partial charge in [-0.25, -0.2) is 9.37 Å². The van der Waals surface area contributed by atoms with E-state index < -0.39 is 29.4 Å². The second-order valence-corrected chi connectivity index (χ2v) is 9.22. The van der Waals surface area contributed by atoms with Crippen LogP contribution in [-0.4, -0.2) is 10.8 Å². The van der Waals surface area contributed by atoms with E-state index in [1.165, 1.54) is 23.5 Å². The van der Waals surface area contributed by atoms with Gasteiger partial charge in [0, 0.05) is 17.9 Å². The van der Waals surface area contributed by atoms with Gasteiger partial charge in [-0.05, 0) is 42.7 Å². The van der Waals surface area contributed by atoms with Gasteiger partial charge in [0.2, 0.25) is 0 Å². The minimum Gasteiger partial charge on any atom is -0.294 e. The van der Waals surface area contributed by atoms with Crippen LogP contribution in [0.4, 0.5) is 17.6 Å². The molecule has 2 atom stereocenters. The number of para-hydroxylation sites is 1.